The number of hydrogen-bond acceptors (Lipinski definition) is 2. The molecule has 0 radical (unpaired) electrons. The van der Waals surface area contributed by atoms with E-state index in [-0.39, 0.29) is 22.7 Å². The molecule has 1 aliphatic carbocycles. The van der Waals surface area contributed by atoms with Crippen LogP contribution in [0.1, 0.15) is 46.2 Å². The number of hydrogen-bond donors (Lipinski definition) is 1. The molecule has 1 aromatic carbocycles. The summed E-state index contributed by atoms with van der Waals surface area (Å²) >= 11 is 0. The second-order valence-electron chi connectivity index (χ2n) is 6.84. The quantitative estimate of drug-likeness (QED) is 0.873. The van der Waals surface area contributed by atoms with Crippen LogP contribution in [0.5, 0.6) is 5.75 Å². The van der Waals surface area contributed by atoms with Crippen molar-refractivity contribution < 1.29 is 9.13 Å². The zero-order valence-electron chi connectivity index (χ0n) is 13.4. The number of nitrogens with one attached hydrogen (secondary N) is 1. The van der Waals surface area contributed by atoms with Crippen molar-refractivity contribution in [3.63, 3.8) is 0 Å². The zero-order valence-corrected chi connectivity index (χ0v) is 13.4. The van der Waals surface area contributed by atoms with E-state index in [2.05, 4.69) is 39.9 Å². The molecule has 1 saturated carbocycles. The highest BCUT2D eigenvalue weighted by atomic mass is 19.1. The van der Waals surface area contributed by atoms with Crippen molar-refractivity contribution >= 4 is 0 Å². The highest BCUT2D eigenvalue weighted by Crippen LogP contribution is 2.72. The van der Waals surface area contributed by atoms with Crippen LogP contribution in [0, 0.1) is 22.6 Å². The molecule has 0 saturated heterocycles. The van der Waals surface area contributed by atoms with Crippen molar-refractivity contribution in [3.05, 3.63) is 29.6 Å². The first-order chi connectivity index (χ1) is 9.27. The van der Waals surface area contributed by atoms with E-state index in [4.69, 9.17) is 4.74 Å². The van der Waals surface area contributed by atoms with Crippen LogP contribution in [0.25, 0.3) is 0 Å². The van der Waals surface area contributed by atoms with Crippen molar-refractivity contribution in [1.29, 1.82) is 0 Å². The van der Waals surface area contributed by atoms with Crippen LogP contribution in [0.3, 0.4) is 0 Å². The van der Waals surface area contributed by atoms with Gasteiger partial charge < -0.3 is 10.1 Å². The fraction of sp³-hybridized carbons (Fsp3) is 0.647. The third kappa shape index (κ3) is 2.22. The van der Waals surface area contributed by atoms with Crippen LogP contribution in [-0.4, -0.2) is 13.7 Å². The van der Waals surface area contributed by atoms with E-state index >= 15 is 0 Å². The van der Waals surface area contributed by atoms with Gasteiger partial charge in [0.15, 0.2) is 0 Å². The minimum atomic E-state index is -0.186. The molecule has 112 valence electrons. The monoisotopic (exact) mass is 279 g/mol. The normalized spacial score (nSPS) is 21.6. The molecule has 20 heavy (non-hydrogen) atoms. The fourth-order valence-corrected chi connectivity index (χ4v) is 3.60. The number of rotatable bonds is 5. The van der Waals surface area contributed by atoms with E-state index in [1.54, 1.807) is 7.11 Å². The van der Waals surface area contributed by atoms with Crippen LogP contribution in [0.15, 0.2) is 18.2 Å². The molecule has 0 heterocycles. The maximum Gasteiger partial charge on any atom is 0.131 e. The van der Waals surface area contributed by atoms with Gasteiger partial charge in [0.2, 0.25) is 0 Å². The summed E-state index contributed by atoms with van der Waals surface area (Å²) in [7, 11) is 1.56. The molecule has 0 bridgehead atoms. The SMILES string of the molecule is CCNC(c1ccc(OC)cc1F)C1C(C)(C)C1(C)C. The van der Waals surface area contributed by atoms with Crippen LogP contribution in [0.2, 0.25) is 0 Å². The molecule has 3 heteroatoms. The number of methoxy groups -OCH3 is 1. The molecule has 0 aliphatic heterocycles. The Labute approximate surface area is 121 Å². The van der Waals surface area contributed by atoms with Crippen LogP contribution >= 0.6 is 0 Å². The van der Waals surface area contributed by atoms with Crippen LogP contribution in [0.4, 0.5) is 4.39 Å². The molecule has 0 amide bonds. The molecule has 1 atom stereocenters. The first-order valence-electron chi connectivity index (χ1n) is 7.34. The maximum absolute atomic E-state index is 14.4. The highest BCUT2D eigenvalue weighted by Gasteiger charge is 2.67. The summed E-state index contributed by atoms with van der Waals surface area (Å²) in [4.78, 5) is 0. The lowest BCUT2D eigenvalue weighted by molar-refractivity contribution is 0.393. The molecule has 0 spiro atoms. The fourth-order valence-electron chi connectivity index (χ4n) is 3.60. The second kappa shape index (κ2) is 5.03. The molecule has 0 aromatic heterocycles. The van der Waals surface area contributed by atoms with Gasteiger partial charge in [0.1, 0.15) is 11.6 Å². The topological polar surface area (TPSA) is 21.3 Å². The number of benzene rings is 1. The third-order valence-electron chi connectivity index (χ3n) is 5.43. The first kappa shape index (κ1) is 15.3. The van der Waals surface area contributed by atoms with Gasteiger partial charge in [-0.2, -0.15) is 0 Å². The summed E-state index contributed by atoms with van der Waals surface area (Å²) in [5, 5.41) is 3.47. The largest absolute Gasteiger partial charge is 0.497 e. The second-order valence-corrected chi connectivity index (χ2v) is 6.84. The van der Waals surface area contributed by atoms with Gasteiger partial charge in [0, 0.05) is 17.7 Å². The van der Waals surface area contributed by atoms with Gasteiger partial charge in [-0.1, -0.05) is 40.7 Å². The smallest absolute Gasteiger partial charge is 0.131 e. The lowest BCUT2D eigenvalue weighted by Gasteiger charge is -2.21. The lowest BCUT2D eigenvalue weighted by atomic mass is 9.96. The number of halogens is 1. The number of ether oxygens (including phenoxy) is 1. The van der Waals surface area contributed by atoms with E-state index in [1.165, 1.54) is 6.07 Å². The Kier molecular flexibility index (Phi) is 3.85. The van der Waals surface area contributed by atoms with Crippen molar-refractivity contribution in [2.45, 2.75) is 40.7 Å². The minimum absolute atomic E-state index is 0.0518. The molecule has 1 fully saturated rings. The van der Waals surface area contributed by atoms with Crippen molar-refractivity contribution in [2.24, 2.45) is 16.7 Å². The summed E-state index contributed by atoms with van der Waals surface area (Å²) in [6.45, 7) is 12.0. The van der Waals surface area contributed by atoms with Crippen molar-refractivity contribution in [3.8, 4) is 5.75 Å². The van der Waals surface area contributed by atoms with Crippen LogP contribution in [-0.2, 0) is 0 Å². The van der Waals surface area contributed by atoms with E-state index in [0.717, 1.165) is 12.1 Å². The molecular weight excluding hydrogens is 253 g/mol. The average Bonchev–Trinajstić information content (AvgIpc) is 2.77. The predicted molar refractivity (Wildman–Crippen MR) is 80.4 cm³/mol. The van der Waals surface area contributed by atoms with Crippen LogP contribution < -0.4 is 10.1 Å². The molecule has 1 unspecified atom stereocenters. The van der Waals surface area contributed by atoms with E-state index in [1.807, 2.05) is 12.1 Å². The van der Waals surface area contributed by atoms with Gasteiger partial charge >= 0.3 is 0 Å². The Bertz CT molecular complexity index is 482. The molecule has 1 N–H and O–H groups in total. The van der Waals surface area contributed by atoms with Crippen molar-refractivity contribution in [1.82, 2.24) is 5.32 Å². The zero-order chi connectivity index (χ0) is 15.1. The third-order valence-corrected chi connectivity index (χ3v) is 5.43. The molecule has 2 nitrogen and oxygen atoms in total. The molecule has 1 aromatic rings. The molecule has 2 rings (SSSR count). The highest BCUT2D eigenvalue weighted by molar-refractivity contribution is 5.34. The lowest BCUT2D eigenvalue weighted by Crippen LogP contribution is -2.26. The molecule has 1 aliphatic rings. The van der Waals surface area contributed by atoms with Gasteiger partial charge in [0.05, 0.1) is 7.11 Å². The standard InChI is InChI=1S/C17H26FNO/c1-7-19-14(15-16(2,3)17(15,4)5)12-9-8-11(20-6)10-13(12)18/h8-10,14-15,19H,7H2,1-6H3. The van der Waals surface area contributed by atoms with Gasteiger partial charge in [-0.15, -0.1) is 0 Å². The predicted octanol–water partition coefficient (Wildman–Crippen LogP) is 4.17. The summed E-state index contributed by atoms with van der Waals surface area (Å²) in [5.74, 6) is 0.808. The van der Waals surface area contributed by atoms with E-state index in [9.17, 15) is 4.39 Å². The Hall–Kier alpha value is -1.09. The Morgan fingerprint density at radius 1 is 1.25 bits per heavy atom. The van der Waals surface area contributed by atoms with Gasteiger partial charge in [0.25, 0.3) is 0 Å². The summed E-state index contributed by atoms with van der Waals surface area (Å²) in [6.07, 6.45) is 0. The van der Waals surface area contributed by atoms with Gasteiger partial charge in [-0.3, -0.25) is 0 Å². The molecular formula is C17H26FNO. The van der Waals surface area contributed by atoms with Gasteiger partial charge in [-0.25, -0.2) is 4.39 Å². The van der Waals surface area contributed by atoms with Crippen molar-refractivity contribution in [2.75, 3.05) is 13.7 Å². The van der Waals surface area contributed by atoms with Gasteiger partial charge in [-0.05, 0) is 29.4 Å². The minimum Gasteiger partial charge on any atom is -0.497 e. The Balaban J connectivity index is 2.36. The maximum atomic E-state index is 14.4. The summed E-state index contributed by atoms with van der Waals surface area (Å²) < 4.78 is 19.5. The summed E-state index contributed by atoms with van der Waals surface area (Å²) in [6, 6.07) is 5.22. The van der Waals surface area contributed by atoms with E-state index in [0.29, 0.717) is 11.7 Å². The Morgan fingerprint density at radius 3 is 2.25 bits per heavy atom. The first-order valence-corrected chi connectivity index (χ1v) is 7.34. The Morgan fingerprint density at radius 2 is 1.85 bits per heavy atom. The average molecular weight is 279 g/mol. The van der Waals surface area contributed by atoms with E-state index < -0.39 is 0 Å². The summed E-state index contributed by atoms with van der Waals surface area (Å²) in [5.41, 5.74) is 1.18.